The van der Waals surface area contributed by atoms with Crippen LogP contribution in [0.15, 0.2) is 66.6 Å². The van der Waals surface area contributed by atoms with Crippen molar-refractivity contribution in [3.63, 3.8) is 0 Å². The number of rotatable bonds is 3. The maximum Gasteiger partial charge on any atom is 0.223 e. The van der Waals surface area contributed by atoms with Gasteiger partial charge in [0.15, 0.2) is 0 Å². The summed E-state index contributed by atoms with van der Waals surface area (Å²) >= 11 is 6.07. The topological polar surface area (TPSA) is 56.5 Å². The zero-order valence-electron chi connectivity index (χ0n) is 14.0. The van der Waals surface area contributed by atoms with Gasteiger partial charge in [0.25, 0.3) is 0 Å². The Morgan fingerprint density at radius 2 is 2.08 bits per heavy atom. The first-order chi connectivity index (χ1) is 12.5. The molecule has 0 saturated heterocycles. The molecular weight excluding hydrogens is 353 g/mol. The third-order valence-corrected chi connectivity index (χ3v) is 4.46. The summed E-state index contributed by atoms with van der Waals surface area (Å²) in [5.74, 6) is 0.154. The van der Waals surface area contributed by atoms with E-state index in [1.807, 2.05) is 37.3 Å². The normalized spacial score (nSPS) is 19.8. The van der Waals surface area contributed by atoms with Crippen molar-refractivity contribution >= 4 is 17.2 Å². The predicted molar refractivity (Wildman–Crippen MR) is 97.9 cm³/mol. The first kappa shape index (κ1) is 16.6. The molecule has 1 aromatic carbocycles. The van der Waals surface area contributed by atoms with E-state index >= 15 is 0 Å². The summed E-state index contributed by atoms with van der Waals surface area (Å²) in [6, 6.07) is 12.8. The van der Waals surface area contributed by atoms with Crippen molar-refractivity contribution in [2.45, 2.75) is 18.9 Å². The van der Waals surface area contributed by atoms with Gasteiger partial charge in [0.1, 0.15) is 17.1 Å². The maximum absolute atomic E-state index is 14.4. The van der Waals surface area contributed by atoms with Crippen molar-refractivity contribution < 1.29 is 4.39 Å². The van der Waals surface area contributed by atoms with Gasteiger partial charge < -0.3 is 0 Å². The number of tetrazole rings is 1. The lowest BCUT2D eigenvalue weighted by molar-refractivity contribution is 0.295. The summed E-state index contributed by atoms with van der Waals surface area (Å²) in [6.45, 7) is 1.87. The Morgan fingerprint density at radius 1 is 1.19 bits per heavy atom. The minimum absolute atomic E-state index is 0.148. The van der Waals surface area contributed by atoms with Crippen LogP contribution in [-0.2, 0) is 5.54 Å². The molecule has 130 valence electrons. The molecule has 3 aromatic rings. The predicted octanol–water partition coefficient (Wildman–Crippen LogP) is 4.44. The standard InChI is InChI=1S/C19H15ClFN5/c1-19(26-24-18(23-25-26)17-7-2-3-8-22-17)11-14(10-16(21)12-19)13-5-4-6-15(20)9-13/h2-11H,12H2,1H3. The third-order valence-electron chi connectivity index (χ3n) is 4.23. The van der Waals surface area contributed by atoms with Gasteiger partial charge in [-0.25, -0.2) is 4.39 Å². The highest BCUT2D eigenvalue weighted by Gasteiger charge is 2.33. The Kier molecular flexibility index (Phi) is 4.12. The Hall–Kier alpha value is -2.86. The molecule has 0 radical (unpaired) electrons. The first-order valence-corrected chi connectivity index (χ1v) is 8.48. The van der Waals surface area contributed by atoms with Gasteiger partial charge >= 0.3 is 0 Å². The van der Waals surface area contributed by atoms with Crippen LogP contribution < -0.4 is 0 Å². The van der Waals surface area contributed by atoms with Crippen LogP contribution in [0, 0.1) is 0 Å². The van der Waals surface area contributed by atoms with Gasteiger partial charge in [0.05, 0.1) is 0 Å². The highest BCUT2D eigenvalue weighted by molar-refractivity contribution is 6.30. The fourth-order valence-electron chi connectivity index (χ4n) is 2.98. The number of benzene rings is 1. The smallest absolute Gasteiger partial charge is 0.223 e. The fraction of sp³-hybridized carbons (Fsp3) is 0.158. The van der Waals surface area contributed by atoms with E-state index in [0.717, 1.165) is 11.1 Å². The zero-order chi connectivity index (χ0) is 18.1. The molecule has 0 bridgehead atoms. The second kappa shape index (κ2) is 6.46. The van der Waals surface area contributed by atoms with Crippen LogP contribution in [0.2, 0.25) is 5.02 Å². The molecule has 0 fully saturated rings. The van der Waals surface area contributed by atoms with Gasteiger partial charge in [-0.05, 0) is 59.7 Å². The molecule has 2 heterocycles. The Morgan fingerprint density at radius 3 is 2.85 bits per heavy atom. The number of halogens is 2. The molecule has 1 unspecified atom stereocenters. The molecule has 1 atom stereocenters. The van der Waals surface area contributed by atoms with E-state index in [1.165, 1.54) is 10.9 Å². The van der Waals surface area contributed by atoms with E-state index in [1.54, 1.807) is 24.4 Å². The summed E-state index contributed by atoms with van der Waals surface area (Å²) in [4.78, 5) is 5.66. The molecule has 7 heteroatoms. The van der Waals surface area contributed by atoms with Gasteiger partial charge in [-0.15, -0.1) is 10.2 Å². The Balaban J connectivity index is 1.74. The van der Waals surface area contributed by atoms with Gasteiger partial charge in [-0.1, -0.05) is 29.8 Å². The maximum atomic E-state index is 14.4. The van der Waals surface area contributed by atoms with Crippen molar-refractivity contribution in [1.29, 1.82) is 0 Å². The zero-order valence-corrected chi connectivity index (χ0v) is 14.7. The largest absolute Gasteiger partial charge is 0.253 e. The third kappa shape index (κ3) is 3.15. The number of hydrogen-bond acceptors (Lipinski definition) is 4. The molecule has 0 aliphatic heterocycles. The minimum Gasteiger partial charge on any atom is -0.253 e. The van der Waals surface area contributed by atoms with E-state index in [2.05, 4.69) is 20.4 Å². The second-order valence-electron chi connectivity index (χ2n) is 6.35. The number of allylic oxidation sites excluding steroid dienone is 4. The molecule has 1 aliphatic carbocycles. The summed E-state index contributed by atoms with van der Waals surface area (Å²) in [5.41, 5.74) is 1.41. The molecule has 0 amide bonds. The van der Waals surface area contributed by atoms with Gasteiger partial charge in [0.2, 0.25) is 5.82 Å². The summed E-state index contributed by atoms with van der Waals surface area (Å²) in [7, 11) is 0. The van der Waals surface area contributed by atoms with Crippen LogP contribution in [0.25, 0.3) is 17.1 Å². The van der Waals surface area contributed by atoms with E-state index < -0.39 is 5.54 Å². The van der Waals surface area contributed by atoms with Crippen molar-refractivity contribution in [1.82, 2.24) is 25.2 Å². The average molecular weight is 368 g/mol. The lowest BCUT2D eigenvalue weighted by atomic mass is 9.87. The van der Waals surface area contributed by atoms with E-state index in [0.29, 0.717) is 16.5 Å². The van der Waals surface area contributed by atoms with Crippen molar-refractivity contribution in [3.05, 3.63) is 77.2 Å². The SMILES string of the molecule is CC1(n2nnc(-c3ccccn3)n2)C=C(c2cccc(Cl)c2)C=C(F)C1. The van der Waals surface area contributed by atoms with Crippen LogP contribution in [-0.4, -0.2) is 25.2 Å². The number of pyridine rings is 1. The molecule has 5 nitrogen and oxygen atoms in total. The van der Waals surface area contributed by atoms with Gasteiger partial charge in [0, 0.05) is 17.6 Å². The summed E-state index contributed by atoms with van der Waals surface area (Å²) in [6.07, 6.45) is 5.27. The highest BCUT2D eigenvalue weighted by atomic mass is 35.5. The second-order valence-corrected chi connectivity index (χ2v) is 6.79. The first-order valence-electron chi connectivity index (χ1n) is 8.10. The van der Waals surface area contributed by atoms with Crippen LogP contribution in [0.3, 0.4) is 0 Å². The van der Waals surface area contributed by atoms with Crippen LogP contribution in [0.5, 0.6) is 0 Å². The van der Waals surface area contributed by atoms with E-state index in [4.69, 9.17) is 11.6 Å². The lowest BCUT2D eigenvalue weighted by Gasteiger charge is -2.28. The lowest BCUT2D eigenvalue weighted by Crippen LogP contribution is -2.32. The number of hydrogen-bond donors (Lipinski definition) is 0. The summed E-state index contributed by atoms with van der Waals surface area (Å²) in [5, 5.41) is 13.2. The Labute approximate surface area is 154 Å². The molecule has 0 N–H and O–H groups in total. The molecular formula is C19H15ClFN5. The van der Waals surface area contributed by atoms with E-state index in [-0.39, 0.29) is 12.2 Å². The molecule has 0 spiro atoms. The Bertz CT molecular complexity index is 1010. The van der Waals surface area contributed by atoms with Crippen molar-refractivity contribution in [3.8, 4) is 11.5 Å². The average Bonchev–Trinajstić information content (AvgIpc) is 3.13. The molecule has 1 aliphatic rings. The van der Waals surface area contributed by atoms with Crippen LogP contribution in [0.1, 0.15) is 18.9 Å². The minimum atomic E-state index is -0.781. The van der Waals surface area contributed by atoms with E-state index in [9.17, 15) is 4.39 Å². The molecule has 26 heavy (non-hydrogen) atoms. The quantitative estimate of drug-likeness (QED) is 0.686. The fourth-order valence-corrected chi connectivity index (χ4v) is 3.17. The summed E-state index contributed by atoms with van der Waals surface area (Å²) < 4.78 is 14.4. The number of aromatic nitrogens is 5. The molecule has 4 rings (SSSR count). The monoisotopic (exact) mass is 367 g/mol. The van der Waals surface area contributed by atoms with Crippen LogP contribution >= 0.6 is 11.6 Å². The van der Waals surface area contributed by atoms with Gasteiger partial charge in [-0.2, -0.15) is 4.80 Å². The van der Waals surface area contributed by atoms with Crippen LogP contribution in [0.4, 0.5) is 4.39 Å². The molecule has 2 aromatic heterocycles. The highest BCUT2D eigenvalue weighted by Crippen LogP contribution is 2.36. The number of nitrogens with zero attached hydrogens (tertiary/aromatic N) is 5. The molecule has 0 saturated carbocycles. The van der Waals surface area contributed by atoms with Crippen molar-refractivity contribution in [2.24, 2.45) is 0 Å². The van der Waals surface area contributed by atoms with Crippen molar-refractivity contribution in [2.75, 3.05) is 0 Å². The van der Waals surface area contributed by atoms with Gasteiger partial charge in [-0.3, -0.25) is 4.98 Å².